The van der Waals surface area contributed by atoms with Gasteiger partial charge in [0.05, 0.1) is 17.3 Å². The molecule has 0 spiro atoms. The Morgan fingerprint density at radius 3 is 3.09 bits per heavy atom. The first-order valence-corrected chi connectivity index (χ1v) is 8.69. The Bertz CT molecular complexity index is 819. The largest absolute Gasteiger partial charge is 0.294 e. The van der Waals surface area contributed by atoms with Crippen LogP contribution < -0.4 is 0 Å². The minimum Gasteiger partial charge on any atom is -0.294 e. The molecule has 0 radical (unpaired) electrons. The summed E-state index contributed by atoms with van der Waals surface area (Å²) in [5.41, 5.74) is 4.79. The number of para-hydroxylation sites is 1. The molecule has 2 heteroatoms. The van der Waals surface area contributed by atoms with E-state index in [0.29, 0.717) is 11.5 Å². The third kappa shape index (κ3) is 1.45. The number of hydrogen-bond acceptors (Lipinski definition) is 1. The fourth-order valence-corrected chi connectivity index (χ4v) is 5.22. The van der Waals surface area contributed by atoms with Gasteiger partial charge in [-0.2, -0.15) is 0 Å². The van der Waals surface area contributed by atoms with E-state index in [1.807, 2.05) is 0 Å². The fraction of sp³-hybridized carbons (Fsp3) is 0.500. The second-order valence-corrected chi connectivity index (χ2v) is 7.19. The van der Waals surface area contributed by atoms with Gasteiger partial charge in [-0.1, -0.05) is 31.0 Å². The van der Waals surface area contributed by atoms with Crippen molar-refractivity contribution in [1.82, 2.24) is 9.47 Å². The molecule has 2 atom stereocenters. The minimum atomic E-state index is 0.364. The van der Waals surface area contributed by atoms with Crippen molar-refractivity contribution in [2.75, 3.05) is 13.1 Å². The van der Waals surface area contributed by atoms with Crippen molar-refractivity contribution < 1.29 is 0 Å². The van der Waals surface area contributed by atoms with Crippen LogP contribution >= 0.6 is 0 Å². The van der Waals surface area contributed by atoms with Gasteiger partial charge < -0.3 is 0 Å². The molecule has 1 aromatic carbocycles. The lowest BCUT2D eigenvalue weighted by Crippen LogP contribution is -2.49. The van der Waals surface area contributed by atoms with Gasteiger partial charge in [0.1, 0.15) is 0 Å². The van der Waals surface area contributed by atoms with Crippen LogP contribution in [0.1, 0.15) is 49.9 Å². The van der Waals surface area contributed by atoms with E-state index in [-0.39, 0.29) is 0 Å². The Morgan fingerprint density at radius 2 is 2.18 bits per heavy atom. The summed E-state index contributed by atoms with van der Waals surface area (Å²) in [6, 6.07) is 12.9. The molecule has 5 rings (SSSR count). The van der Waals surface area contributed by atoms with Crippen LogP contribution in [0.5, 0.6) is 0 Å². The number of nitrogens with zero attached hydrogens (tertiary/aromatic N) is 2. The molecule has 112 valence electrons. The zero-order valence-corrected chi connectivity index (χ0v) is 13.2. The molecule has 1 fully saturated rings. The van der Waals surface area contributed by atoms with E-state index in [1.165, 1.54) is 55.4 Å². The maximum Gasteiger partial charge on any atom is 0.0618 e. The normalized spacial score (nSPS) is 29.6. The highest BCUT2D eigenvalue weighted by atomic mass is 15.2. The minimum absolute atomic E-state index is 0.364. The molecule has 0 amide bonds. The van der Waals surface area contributed by atoms with Gasteiger partial charge in [-0.25, -0.2) is 0 Å². The van der Waals surface area contributed by atoms with Gasteiger partial charge in [0.25, 0.3) is 0 Å². The lowest BCUT2D eigenvalue weighted by molar-refractivity contribution is 0.00202. The first-order chi connectivity index (χ1) is 10.8. The Balaban J connectivity index is 1.87. The van der Waals surface area contributed by atoms with E-state index in [0.717, 1.165) is 6.42 Å². The summed E-state index contributed by atoms with van der Waals surface area (Å²) in [5, 5.41) is 1.43. The van der Waals surface area contributed by atoms with Crippen molar-refractivity contribution in [2.24, 2.45) is 5.41 Å². The topological polar surface area (TPSA) is 8.17 Å². The lowest BCUT2D eigenvalue weighted by atomic mass is 9.66. The maximum absolute atomic E-state index is 3.53. The van der Waals surface area contributed by atoms with E-state index >= 15 is 0 Å². The average Bonchev–Trinajstić information content (AvgIpc) is 2.77. The molecule has 22 heavy (non-hydrogen) atoms. The van der Waals surface area contributed by atoms with Crippen LogP contribution in [0.3, 0.4) is 0 Å². The number of hydrogen-bond donors (Lipinski definition) is 0. The van der Waals surface area contributed by atoms with Gasteiger partial charge in [-0.3, -0.25) is 9.47 Å². The highest BCUT2D eigenvalue weighted by Crippen LogP contribution is 2.54. The Labute approximate surface area is 132 Å². The van der Waals surface area contributed by atoms with Crippen LogP contribution in [-0.2, 0) is 6.42 Å². The Hall–Kier alpha value is -1.72. The number of fused-ring (bicyclic) bond motifs is 3. The molecule has 0 saturated carbocycles. The molecule has 0 unspecified atom stereocenters. The summed E-state index contributed by atoms with van der Waals surface area (Å²) in [7, 11) is 0. The van der Waals surface area contributed by atoms with Crippen LogP contribution in [0, 0.1) is 17.4 Å². The molecule has 3 aliphatic rings. The molecule has 0 N–H and O–H groups in total. The molecule has 2 nitrogen and oxygen atoms in total. The van der Waals surface area contributed by atoms with Crippen molar-refractivity contribution in [1.29, 1.82) is 0 Å². The van der Waals surface area contributed by atoms with Crippen molar-refractivity contribution >= 4 is 10.9 Å². The van der Waals surface area contributed by atoms with Gasteiger partial charge in [0.2, 0.25) is 0 Å². The van der Waals surface area contributed by atoms with Crippen LogP contribution in [0.25, 0.3) is 10.9 Å². The SMILES string of the molecule is CC[C@@]12CC#Cn3c4c(c5ccccc53)CCN(CCC1)[C@H]42. The second kappa shape index (κ2) is 4.40. The van der Waals surface area contributed by atoms with Gasteiger partial charge in [0, 0.05) is 29.8 Å². The molecular weight excluding hydrogens is 268 g/mol. The number of benzene rings is 1. The molecule has 1 aromatic heterocycles. The Morgan fingerprint density at radius 1 is 1.27 bits per heavy atom. The van der Waals surface area contributed by atoms with Crippen LogP contribution in [-0.4, -0.2) is 22.6 Å². The van der Waals surface area contributed by atoms with Gasteiger partial charge in [-0.15, -0.1) is 0 Å². The summed E-state index contributed by atoms with van der Waals surface area (Å²) in [6.45, 7) is 4.85. The molecule has 0 aliphatic carbocycles. The lowest BCUT2D eigenvalue weighted by Gasteiger charge is -2.51. The Kier molecular flexibility index (Phi) is 2.56. The quantitative estimate of drug-likeness (QED) is 0.722. The molecule has 4 heterocycles. The second-order valence-electron chi connectivity index (χ2n) is 7.19. The van der Waals surface area contributed by atoms with Crippen molar-refractivity contribution in [2.45, 2.75) is 45.1 Å². The molecular formula is C20H22N2. The standard InChI is InChI=1S/C20H22N2/c1-2-20-10-5-12-21-14-9-16-15-7-3-4-8-17(15)22(13-6-11-20)18(16)19(20)21/h3-4,7-8,19H,2,5,9-12,14H2,1H3/t19-,20+/m1/s1. The number of piperidine rings is 1. The van der Waals surface area contributed by atoms with Crippen molar-refractivity contribution in [3.8, 4) is 12.0 Å². The predicted molar refractivity (Wildman–Crippen MR) is 89.7 cm³/mol. The average molecular weight is 290 g/mol. The van der Waals surface area contributed by atoms with Crippen molar-refractivity contribution in [3.63, 3.8) is 0 Å². The highest BCUT2D eigenvalue weighted by molar-refractivity contribution is 5.87. The highest BCUT2D eigenvalue weighted by Gasteiger charge is 2.48. The number of aromatic nitrogens is 1. The molecule has 3 aliphatic heterocycles. The zero-order valence-electron chi connectivity index (χ0n) is 13.2. The third-order valence-electron chi connectivity index (χ3n) is 6.33. The summed E-state index contributed by atoms with van der Waals surface area (Å²) in [5.74, 6) is 3.53. The summed E-state index contributed by atoms with van der Waals surface area (Å²) in [6.07, 6.45) is 6.15. The number of rotatable bonds is 1. The van der Waals surface area contributed by atoms with E-state index in [4.69, 9.17) is 0 Å². The van der Waals surface area contributed by atoms with Crippen molar-refractivity contribution in [3.05, 3.63) is 35.5 Å². The zero-order chi connectivity index (χ0) is 14.7. The summed E-state index contributed by atoms with van der Waals surface area (Å²) >= 11 is 0. The van der Waals surface area contributed by atoms with E-state index in [2.05, 4.69) is 52.6 Å². The van der Waals surface area contributed by atoms with E-state index < -0.39 is 0 Å². The third-order valence-corrected chi connectivity index (χ3v) is 6.33. The fourth-order valence-electron chi connectivity index (χ4n) is 5.22. The predicted octanol–water partition coefficient (Wildman–Crippen LogP) is 3.94. The van der Waals surface area contributed by atoms with E-state index in [9.17, 15) is 0 Å². The molecule has 2 aromatic rings. The monoisotopic (exact) mass is 290 g/mol. The first-order valence-electron chi connectivity index (χ1n) is 8.69. The maximum atomic E-state index is 3.53. The van der Waals surface area contributed by atoms with E-state index in [1.54, 1.807) is 5.56 Å². The smallest absolute Gasteiger partial charge is 0.0618 e. The summed E-state index contributed by atoms with van der Waals surface area (Å²) in [4.78, 5) is 2.75. The molecule has 0 bridgehead atoms. The van der Waals surface area contributed by atoms with Crippen LogP contribution in [0.15, 0.2) is 24.3 Å². The van der Waals surface area contributed by atoms with Gasteiger partial charge in [0.15, 0.2) is 0 Å². The first kappa shape index (κ1) is 12.8. The summed E-state index contributed by atoms with van der Waals surface area (Å²) < 4.78 is 2.34. The molecule has 1 saturated heterocycles. The van der Waals surface area contributed by atoms with Crippen LogP contribution in [0.4, 0.5) is 0 Å². The van der Waals surface area contributed by atoms with Gasteiger partial charge >= 0.3 is 0 Å². The van der Waals surface area contributed by atoms with Gasteiger partial charge in [-0.05, 0) is 43.9 Å². The van der Waals surface area contributed by atoms with Crippen LogP contribution in [0.2, 0.25) is 0 Å².